The Bertz CT molecular complexity index is 607. The summed E-state index contributed by atoms with van der Waals surface area (Å²) in [7, 11) is 0. The molecule has 4 nitrogen and oxygen atoms in total. The molecule has 1 aliphatic carbocycles. The molecular weight excluding hydrogens is 304 g/mol. The Kier molecular flexibility index (Phi) is 4.80. The topological polar surface area (TPSA) is 52.6 Å². The minimum Gasteiger partial charge on any atom is -0.460 e. The number of esters is 2. The minimum absolute atomic E-state index is 0.0356. The molecule has 0 spiro atoms. The van der Waals surface area contributed by atoms with Gasteiger partial charge in [-0.05, 0) is 65.5 Å². The van der Waals surface area contributed by atoms with Gasteiger partial charge in [-0.3, -0.25) is 9.59 Å². The number of carbonyl (C=O) groups is 2. The van der Waals surface area contributed by atoms with E-state index in [1.165, 1.54) is 0 Å². The molecule has 24 heavy (non-hydrogen) atoms. The molecule has 1 aliphatic rings. The smallest absolute Gasteiger partial charge is 0.313 e. The Morgan fingerprint density at radius 2 is 1.38 bits per heavy atom. The SMILES string of the molecule is CC(C)(C)OC(=O)CC1(C(=O)OC(C)(C)C)Cc2ccccc2C1. The summed E-state index contributed by atoms with van der Waals surface area (Å²) in [6.07, 6.45) is 1.06. The molecule has 0 saturated heterocycles. The Morgan fingerprint density at radius 1 is 0.917 bits per heavy atom. The van der Waals surface area contributed by atoms with Crippen molar-refractivity contribution in [1.82, 2.24) is 0 Å². The first-order valence-electron chi connectivity index (χ1n) is 8.42. The number of rotatable bonds is 3. The molecule has 0 fully saturated rings. The first-order valence-corrected chi connectivity index (χ1v) is 8.42. The van der Waals surface area contributed by atoms with E-state index in [0.717, 1.165) is 11.1 Å². The van der Waals surface area contributed by atoms with E-state index in [1.807, 2.05) is 65.8 Å². The highest BCUT2D eigenvalue weighted by Gasteiger charge is 2.48. The zero-order valence-corrected chi connectivity index (χ0v) is 15.6. The predicted octanol–water partition coefficient (Wildman–Crippen LogP) is 3.85. The second-order valence-corrected chi connectivity index (χ2v) is 8.67. The average molecular weight is 332 g/mol. The van der Waals surface area contributed by atoms with Gasteiger partial charge in [-0.25, -0.2) is 0 Å². The lowest BCUT2D eigenvalue weighted by Crippen LogP contribution is -2.41. The summed E-state index contributed by atoms with van der Waals surface area (Å²) in [5.41, 5.74) is 0.169. The molecule has 132 valence electrons. The summed E-state index contributed by atoms with van der Waals surface area (Å²) in [5, 5.41) is 0. The second-order valence-electron chi connectivity index (χ2n) is 8.67. The Balaban J connectivity index is 2.27. The van der Waals surface area contributed by atoms with E-state index in [9.17, 15) is 9.59 Å². The first kappa shape index (κ1) is 18.5. The van der Waals surface area contributed by atoms with Gasteiger partial charge in [-0.15, -0.1) is 0 Å². The number of carbonyl (C=O) groups excluding carboxylic acids is 2. The number of fused-ring (bicyclic) bond motifs is 1. The summed E-state index contributed by atoms with van der Waals surface area (Å²) in [6.45, 7) is 11.0. The molecule has 0 radical (unpaired) electrons. The lowest BCUT2D eigenvalue weighted by atomic mass is 9.81. The van der Waals surface area contributed by atoms with Crippen molar-refractivity contribution in [3.05, 3.63) is 35.4 Å². The maximum atomic E-state index is 12.9. The maximum Gasteiger partial charge on any atom is 0.313 e. The van der Waals surface area contributed by atoms with E-state index in [4.69, 9.17) is 9.47 Å². The van der Waals surface area contributed by atoms with Crippen molar-refractivity contribution < 1.29 is 19.1 Å². The molecule has 0 heterocycles. The van der Waals surface area contributed by atoms with Crippen LogP contribution >= 0.6 is 0 Å². The molecule has 0 aromatic heterocycles. The van der Waals surface area contributed by atoms with Crippen molar-refractivity contribution in [2.45, 2.75) is 72.0 Å². The number of hydrogen-bond donors (Lipinski definition) is 0. The molecule has 1 aromatic carbocycles. The van der Waals surface area contributed by atoms with E-state index in [1.54, 1.807) is 0 Å². The minimum atomic E-state index is -0.876. The van der Waals surface area contributed by atoms with Crippen LogP contribution in [-0.4, -0.2) is 23.1 Å². The van der Waals surface area contributed by atoms with Gasteiger partial charge in [-0.1, -0.05) is 24.3 Å². The fourth-order valence-corrected chi connectivity index (χ4v) is 3.08. The van der Waals surface area contributed by atoms with Crippen LogP contribution in [0.15, 0.2) is 24.3 Å². The van der Waals surface area contributed by atoms with Crippen molar-refractivity contribution in [2.75, 3.05) is 0 Å². The summed E-state index contributed by atoms with van der Waals surface area (Å²) in [4.78, 5) is 25.3. The van der Waals surface area contributed by atoms with Gasteiger partial charge in [-0.2, -0.15) is 0 Å². The fourth-order valence-electron chi connectivity index (χ4n) is 3.08. The second kappa shape index (κ2) is 6.23. The summed E-state index contributed by atoms with van der Waals surface area (Å²) >= 11 is 0. The zero-order chi connectivity index (χ0) is 18.2. The van der Waals surface area contributed by atoms with Crippen LogP contribution in [0.25, 0.3) is 0 Å². The van der Waals surface area contributed by atoms with Gasteiger partial charge in [0.1, 0.15) is 11.2 Å². The van der Waals surface area contributed by atoms with E-state index in [0.29, 0.717) is 12.8 Å². The molecular formula is C20H28O4. The van der Waals surface area contributed by atoms with Gasteiger partial charge in [0.05, 0.1) is 11.8 Å². The molecule has 0 aliphatic heterocycles. The van der Waals surface area contributed by atoms with Gasteiger partial charge in [0.2, 0.25) is 0 Å². The third-order valence-electron chi connectivity index (χ3n) is 3.91. The summed E-state index contributed by atoms with van der Waals surface area (Å²) in [5.74, 6) is -0.682. The highest BCUT2D eigenvalue weighted by molar-refractivity contribution is 5.85. The lowest BCUT2D eigenvalue weighted by Gasteiger charge is -2.31. The van der Waals surface area contributed by atoms with Crippen molar-refractivity contribution in [2.24, 2.45) is 5.41 Å². The van der Waals surface area contributed by atoms with Gasteiger partial charge in [0, 0.05) is 0 Å². The highest BCUT2D eigenvalue weighted by Crippen LogP contribution is 2.42. The molecule has 0 atom stereocenters. The van der Waals surface area contributed by atoms with Crippen LogP contribution in [0.3, 0.4) is 0 Å². The molecule has 0 N–H and O–H groups in total. The molecule has 4 heteroatoms. The van der Waals surface area contributed by atoms with Crippen molar-refractivity contribution in [3.8, 4) is 0 Å². The standard InChI is InChI=1S/C20H28O4/c1-18(2,3)23-16(21)13-20(17(22)24-19(4,5)6)11-14-9-7-8-10-15(14)12-20/h7-10H,11-13H2,1-6H3. The third-order valence-corrected chi connectivity index (χ3v) is 3.91. The van der Waals surface area contributed by atoms with Crippen LogP contribution in [0.1, 0.15) is 59.1 Å². The van der Waals surface area contributed by atoms with Crippen molar-refractivity contribution >= 4 is 11.9 Å². The molecule has 2 rings (SSSR count). The van der Waals surface area contributed by atoms with E-state index >= 15 is 0 Å². The fraction of sp³-hybridized carbons (Fsp3) is 0.600. The Labute approximate surface area is 144 Å². The molecule has 1 aromatic rings. The third kappa shape index (κ3) is 4.59. The van der Waals surface area contributed by atoms with Gasteiger partial charge in [0.15, 0.2) is 0 Å². The zero-order valence-electron chi connectivity index (χ0n) is 15.6. The highest BCUT2D eigenvalue weighted by atomic mass is 16.6. The quantitative estimate of drug-likeness (QED) is 0.789. The molecule has 0 bridgehead atoms. The van der Waals surface area contributed by atoms with Gasteiger partial charge >= 0.3 is 11.9 Å². The van der Waals surface area contributed by atoms with E-state index < -0.39 is 16.6 Å². The molecule has 0 amide bonds. The van der Waals surface area contributed by atoms with E-state index in [2.05, 4.69) is 0 Å². The van der Waals surface area contributed by atoms with Crippen LogP contribution in [-0.2, 0) is 31.9 Å². The van der Waals surface area contributed by atoms with Crippen LogP contribution < -0.4 is 0 Å². The summed E-state index contributed by atoms with van der Waals surface area (Å²) < 4.78 is 11.1. The Morgan fingerprint density at radius 3 is 1.79 bits per heavy atom. The van der Waals surface area contributed by atoms with Gasteiger partial charge < -0.3 is 9.47 Å². The normalized spacial score (nSPS) is 16.4. The lowest BCUT2D eigenvalue weighted by molar-refractivity contribution is -0.174. The molecule has 0 saturated carbocycles. The predicted molar refractivity (Wildman–Crippen MR) is 92.6 cm³/mol. The number of ether oxygens (including phenoxy) is 2. The summed E-state index contributed by atoms with van der Waals surface area (Å²) in [6, 6.07) is 7.93. The van der Waals surface area contributed by atoms with Crippen LogP contribution in [0.2, 0.25) is 0 Å². The average Bonchev–Trinajstić information content (AvgIpc) is 2.73. The largest absolute Gasteiger partial charge is 0.460 e. The van der Waals surface area contributed by atoms with Crippen LogP contribution in [0.5, 0.6) is 0 Å². The van der Waals surface area contributed by atoms with Crippen LogP contribution in [0, 0.1) is 5.41 Å². The number of hydrogen-bond acceptors (Lipinski definition) is 4. The monoisotopic (exact) mass is 332 g/mol. The number of benzene rings is 1. The van der Waals surface area contributed by atoms with Crippen molar-refractivity contribution in [3.63, 3.8) is 0 Å². The van der Waals surface area contributed by atoms with Gasteiger partial charge in [0.25, 0.3) is 0 Å². The maximum absolute atomic E-state index is 12.9. The van der Waals surface area contributed by atoms with Crippen molar-refractivity contribution in [1.29, 1.82) is 0 Å². The Hall–Kier alpha value is -1.84. The van der Waals surface area contributed by atoms with E-state index in [-0.39, 0.29) is 18.4 Å². The first-order chi connectivity index (χ1) is 10.9. The molecule has 0 unspecified atom stereocenters. The van der Waals surface area contributed by atoms with Crippen LogP contribution in [0.4, 0.5) is 0 Å².